The van der Waals surface area contributed by atoms with Crippen molar-refractivity contribution in [1.29, 1.82) is 0 Å². The number of hydrogen-bond acceptors (Lipinski definition) is 5. The maximum absolute atomic E-state index is 13.5. The summed E-state index contributed by atoms with van der Waals surface area (Å²) in [6.45, 7) is -0.406. The summed E-state index contributed by atoms with van der Waals surface area (Å²) in [5.41, 5.74) is 1.78. The number of nitrogens with one attached hydrogen (secondary N) is 1. The first-order valence-corrected chi connectivity index (χ1v) is 9.63. The summed E-state index contributed by atoms with van der Waals surface area (Å²) in [6.07, 6.45) is -0.0440. The van der Waals surface area contributed by atoms with Crippen LogP contribution in [0.25, 0.3) is 10.6 Å². The third-order valence-corrected chi connectivity index (χ3v) is 4.92. The van der Waals surface area contributed by atoms with Crippen molar-refractivity contribution >= 4 is 34.8 Å². The maximum Gasteiger partial charge on any atom is 0.312 e. The number of carbonyl (C=O) groups excluding carboxylic acids is 2. The van der Waals surface area contributed by atoms with Crippen molar-refractivity contribution in [2.24, 2.45) is 0 Å². The highest BCUT2D eigenvalue weighted by molar-refractivity contribution is 7.13. The highest BCUT2D eigenvalue weighted by Gasteiger charge is 2.12. The quantitative estimate of drug-likeness (QED) is 0.589. The Morgan fingerprint density at radius 2 is 2.00 bits per heavy atom. The lowest BCUT2D eigenvalue weighted by Crippen LogP contribution is -2.29. The molecule has 0 bridgehead atoms. The topological polar surface area (TPSA) is 68.3 Å². The van der Waals surface area contributed by atoms with Gasteiger partial charge in [-0.05, 0) is 18.2 Å². The van der Waals surface area contributed by atoms with Crippen LogP contribution < -0.4 is 5.32 Å². The summed E-state index contributed by atoms with van der Waals surface area (Å²) in [5, 5.41) is 5.62. The van der Waals surface area contributed by atoms with Crippen LogP contribution in [0.2, 0.25) is 5.02 Å². The molecular formula is C20H16ClFN2O3S. The largest absolute Gasteiger partial charge is 0.455 e. The van der Waals surface area contributed by atoms with Gasteiger partial charge in [0.1, 0.15) is 10.8 Å². The van der Waals surface area contributed by atoms with E-state index in [-0.39, 0.29) is 13.0 Å². The summed E-state index contributed by atoms with van der Waals surface area (Å²) in [7, 11) is 0. The van der Waals surface area contributed by atoms with Crippen LogP contribution in [0.15, 0.2) is 53.9 Å². The number of esters is 1. The van der Waals surface area contributed by atoms with Gasteiger partial charge in [-0.1, -0.05) is 41.9 Å². The average Bonchev–Trinajstić information content (AvgIpc) is 3.14. The van der Waals surface area contributed by atoms with E-state index in [2.05, 4.69) is 10.3 Å². The van der Waals surface area contributed by atoms with Gasteiger partial charge in [-0.3, -0.25) is 9.59 Å². The average molecular weight is 419 g/mol. The van der Waals surface area contributed by atoms with Crippen LogP contribution in [-0.2, 0) is 27.3 Å². The summed E-state index contributed by atoms with van der Waals surface area (Å²) >= 11 is 7.37. The number of halogens is 2. The van der Waals surface area contributed by atoms with Gasteiger partial charge in [0.05, 0.1) is 12.1 Å². The molecule has 0 saturated heterocycles. The molecule has 2 aromatic carbocycles. The Bertz CT molecular complexity index is 993. The fourth-order valence-corrected chi connectivity index (χ4v) is 3.38. The molecule has 3 aromatic rings. The van der Waals surface area contributed by atoms with Crippen LogP contribution >= 0.6 is 22.9 Å². The molecule has 0 radical (unpaired) electrons. The van der Waals surface area contributed by atoms with E-state index < -0.39 is 24.3 Å². The van der Waals surface area contributed by atoms with Crippen LogP contribution in [0.3, 0.4) is 0 Å². The molecule has 28 heavy (non-hydrogen) atoms. The van der Waals surface area contributed by atoms with Crippen molar-refractivity contribution in [2.45, 2.75) is 13.0 Å². The van der Waals surface area contributed by atoms with E-state index in [1.807, 2.05) is 12.1 Å². The molecule has 0 aliphatic carbocycles. The number of aromatic nitrogens is 1. The van der Waals surface area contributed by atoms with Crippen LogP contribution in [-0.4, -0.2) is 23.5 Å². The molecule has 5 nitrogen and oxygen atoms in total. The zero-order valence-corrected chi connectivity index (χ0v) is 16.2. The first-order chi connectivity index (χ1) is 13.5. The first kappa shape index (κ1) is 20.0. The summed E-state index contributed by atoms with van der Waals surface area (Å²) in [6, 6.07) is 13.4. The molecule has 0 saturated carbocycles. The molecule has 0 spiro atoms. The van der Waals surface area contributed by atoms with Crippen molar-refractivity contribution in [1.82, 2.24) is 10.3 Å². The minimum Gasteiger partial charge on any atom is -0.455 e. The number of nitrogens with zero attached hydrogens (tertiary/aromatic N) is 1. The zero-order chi connectivity index (χ0) is 19.9. The molecule has 144 valence electrons. The highest BCUT2D eigenvalue weighted by atomic mass is 35.5. The molecule has 0 atom stereocenters. The van der Waals surface area contributed by atoms with E-state index in [1.54, 1.807) is 35.7 Å². The van der Waals surface area contributed by atoms with Gasteiger partial charge >= 0.3 is 5.97 Å². The van der Waals surface area contributed by atoms with Gasteiger partial charge in [-0.2, -0.15) is 0 Å². The van der Waals surface area contributed by atoms with Gasteiger partial charge in [-0.15, -0.1) is 11.3 Å². The van der Waals surface area contributed by atoms with E-state index in [0.717, 1.165) is 10.6 Å². The third kappa shape index (κ3) is 5.61. The third-order valence-electron chi connectivity index (χ3n) is 3.75. The van der Waals surface area contributed by atoms with Gasteiger partial charge in [0.2, 0.25) is 0 Å². The summed E-state index contributed by atoms with van der Waals surface area (Å²) in [5.74, 6) is -1.47. The summed E-state index contributed by atoms with van der Waals surface area (Å²) in [4.78, 5) is 28.1. The van der Waals surface area contributed by atoms with Gasteiger partial charge in [-0.25, -0.2) is 9.37 Å². The predicted molar refractivity (Wildman–Crippen MR) is 105 cm³/mol. The number of carbonyl (C=O) groups is 2. The SMILES string of the molecule is O=C(COC(=O)Cc1csc(-c2cccc(Cl)c2)n1)NCc1ccccc1F. The Labute approximate surface area is 170 Å². The Balaban J connectivity index is 1.45. The predicted octanol–water partition coefficient (Wildman–Crippen LogP) is 4.00. The van der Waals surface area contributed by atoms with Crippen LogP contribution in [0.4, 0.5) is 4.39 Å². The monoisotopic (exact) mass is 418 g/mol. The van der Waals surface area contributed by atoms with Gasteiger partial charge in [0.15, 0.2) is 6.61 Å². The van der Waals surface area contributed by atoms with Crippen molar-refractivity contribution in [3.8, 4) is 10.6 Å². The second-order valence-corrected chi connectivity index (χ2v) is 7.15. The Morgan fingerprint density at radius 1 is 1.18 bits per heavy atom. The minimum atomic E-state index is -0.566. The highest BCUT2D eigenvalue weighted by Crippen LogP contribution is 2.26. The molecule has 1 N–H and O–H groups in total. The normalized spacial score (nSPS) is 10.5. The lowest BCUT2D eigenvalue weighted by molar-refractivity contribution is -0.147. The van der Waals surface area contributed by atoms with Gasteiger partial charge < -0.3 is 10.1 Å². The molecule has 1 heterocycles. The van der Waals surface area contributed by atoms with E-state index in [4.69, 9.17) is 16.3 Å². The van der Waals surface area contributed by atoms with E-state index in [0.29, 0.717) is 16.3 Å². The number of rotatable bonds is 7. The Morgan fingerprint density at radius 3 is 2.79 bits per heavy atom. The van der Waals surface area contributed by atoms with E-state index in [1.165, 1.54) is 17.4 Å². The fraction of sp³-hybridized carbons (Fsp3) is 0.150. The number of hydrogen-bond donors (Lipinski definition) is 1. The molecule has 0 unspecified atom stereocenters. The second kappa shape index (κ2) is 9.43. The molecule has 1 aromatic heterocycles. The lowest BCUT2D eigenvalue weighted by Gasteiger charge is -2.07. The smallest absolute Gasteiger partial charge is 0.312 e. The van der Waals surface area contributed by atoms with Gasteiger partial charge in [0, 0.05) is 28.1 Å². The molecule has 8 heteroatoms. The fourth-order valence-electron chi connectivity index (χ4n) is 2.37. The van der Waals surface area contributed by atoms with Crippen molar-refractivity contribution in [3.05, 3.63) is 76.0 Å². The molecular weight excluding hydrogens is 403 g/mol. The van der Waals surface area contributed by atoms with E-state index >= 15 is 0 Å². The zero-order valence-electron chi connectivity index (χ0n) is 14.7. The molecule has 0 aliphatic heterocycles. The van der Waals surface area contributed by atoms with Crippen LogP contribution in [0.1, 0.15) is 11.3 Å². The Hall–Kier alpha value is -2.77. The molecule has 0 fully saturated rings. The Kier molecular flexibility index (Phi) is 6.73. The van der Waals surface area contributed by atoms with Crippen molar-refractivity contribution in [2.75, 3.05) is 6.61 Å². The first-order valence-electron chi connectivity index (χ1n) is 8.37. The summed E-state index contributed by atoms with van der Waals surface area (Å²) < 4.78 is 18.5. The molecule has 3 rings (SSSR count). The number of amides is 1. The maximum atomic E-state index is 13.5. The molecule has 0 aliphatic rings. The number of thiazole rings is 1. The van der Waals surface area contributed by atoms with Crippen LogP contribution in [0.5, 0.6) is 0 Å². The van der Waals surface area contributed by atoms with Gasteiger partial charge in [0.25, 0.3) is 5.91 Å². The second-order valence-electron chi connectivity index (χ2n) is 5.86. The lowest BCUT2D eigenvalue weighted by atomic mass is 10.2. The minimum absolute atomic E-state index is 0.0259. The van der Waals surface area contributed by atoms with E-state index in [9.17, 15) is 14.0 Å². The number of ether oxygens (including phenoxy) is 1. The van der Waals surface area contributed by atoms with Crippen LogP contribution in [0, 0.1) is 5.82 Å². The van der Waals surface area contributed by atoms with Crippen molar-refractivity contribution < 1.29 is 18.7 Å². The standard InChI is InChI=1S/C20H16ClFN2O3S/c21-15-6-3-5-13(8-15)20-24-16(12-28-20)9-19(26)27-11-18(25)23-10-14-4-1-2-7-17(14)22/h1-8,12H,9-11H2,(H,23,25). The number of benzene rings is 2. The molecule has 1 amide bonds. The van der Waals surface area contributed by atoms with Crippen molar-refractivity contribution in [3.63, 3.8) is 0 Å².